The molecule has 0 amide bonds. The van der Waals surface area contributed by atoms with Crippen molar-refractivity contribution < 1.29 is 0 Å². The molecule has 2 fully saturated rings. The monoisotopic (exact) mass is 292 g/mol. The van der Waals surface area contributed by atoms with E-state index in [1.807, 2.05) is 27.7 Å². The Balaban J connectivity index is 0.000000510. The van der Waals surface area contributed by atoms with E-state index in [1.165, 1.54) is 19.3 Å². The first-order valence-corrected chi connectivity index (χ1v) is 9.52. The van der Waals surface area contributed by atoms with Crippen LogP contribution in [0.3, 0.4) is 0 Å². The van der Waals surface area contributed by atoms with E-state index in [2.05, 4.69) is 46.8 Å². The van der Waals surface area contributed by atoms with E-state index >= 15 is 0 Å². The predicted octanol–water partition coefficient (Wildman–Crippen LogP) is 6.96. The Morgan fingerprint density at radius 1 is 0.762 bits per heavy atom. The SMILES string of the molecule is CC.CC.CC1C=CC(C2CC3CC2C(C)(C)C3(C)C)C1. The van der Waals surface area contributed by atoms with Crippen LogP contribution in [0.25, 0.3) is 0 Å². The van der Waals surface area contributed by atoms with Crippen molar-refractivity contribution >= 4 is 0 Å². The Labute approximate surface area is 134 Å². The maximum atomic E-state index is 2.54. The van der Waals surface area contributed by atoms with Crippen LogP contribution < -0.4 is 0 Å². The van der Waals surface area contributed by atoms with E-state index in [0.717, 1.165) is 29.6 Å². The van der Waals surface area contributed by atoms with Gasteiger partial charge in [-0.25, -0.2) is 0 Å². The Morgan fingerprint density at radius 2 is 1.33 bits per heavy atom. The van der Waals surface area contributed by atoms with E-state index < -0.39 is 0 Å². The molecule has 0 saturated heterocycles. The molecule has 0 heterocycles. The fourth-order valence-electron chi connectivity index (χ4n) is 5.20. The van der Waals surface area contributed by atoms with Gasteiger partial charge in [0.1, 0.15) is 0 Å². The highest BCUT2D eigenvalue weighted by atomic mass is 14.7. The molecule has 0 aromatic rings. The first-order chi connectivity index (χ1) is 9.84. The minimum absolute atomic E-state index is 0.542. The molecule has 0 heteroatoms. The second-order valence-corrected chi connectivity index (χ2v) is 8.14. The maximum Gasteiger partial charge on any atom is -0.0197 e. The number of rotatable bonds is 1. The van der Waals surface area contributed by atoms with Gasteiger partial charge in [0.05, 0.1) is 0 Å². The van der Waals surface area contributed by atoms with Gasteiger partial charge in [0.2, 0.25) is 0 Å². The minimum Gasteiger partial charge on any atom is -0.0854 e. The summed E-state index contributed by atoms with van der Waals surface area (Å²) in [5.74, 6) is 4.68. The highest BCUT2D eigenvalue weighted by Gasteiger charge is 2.62. The molecule has 3 aliphatic rings. The van der Waals surface area contributed by atoms with E-state index in [4.69, 9.17) is 0 Å². The minimum atomic E-state index is 0.542. The topological polar surface area (TPSA) is 0 Å². The summed E-state index contributed by atoms with van der Waals surface area (Å²) in [7, 11) is 0. The molecule has 0 aromatic heterocycles. The lowest BCUT2D eigenvalue weighted by Gasteiger charge is -2.49. The average molecular weight is 293 g/mol. The van der Waals surface area contributed by atoms with Crippen LogP contribution in [0.4, 0.5) is 0 Å². The standard InChI is InChI=1S/C17H28.2C2H6/c1-11-6-7-12(8-11)14-9-13-10-15(14)17(4,5)16(13,2)3;2*1-2/h6-7,11-15H,8-10H2,1-5H3;2*1-2H3. The number of fused-ring (bicyclic) bond motifs is 2. The lowest BCUT2D eigenvalue weighted by Crippen LogP contribution is -2.43. The highest BCUT2D eigenvalue weighted by Crippen LogP contribution is 2.69. The Kier molecular flexibility index (Phi) is 6.16. The molecule has 0 N–H and O–H groups in total. The third kappa shape index (κ3) is 2.97. The van der Waals surface area contributed by atoms with Crippen molar-refractivity contribution in [3.63, 3.8) is 0 Å². The molecule has 21 heavy (non-hydrogen) atoms. The molecule has 5 unspecified atom stereocenters. The van der Waals surface area contributed by atoms with Crippen molar-refractivity contribution in [3.05, 3.63) is 12.2 Å². The van der Waals surface area contributed by atoms with Crippen LogP contribution in [0.2, 0.25) is 0 Å². The highest BCUT2D eigenvalue weighted by molar-refractivity contribution is 5.14. The summed E-state index contributed by atoms with van der Waals surface area (Å²) >= 11 is 0. The second kappa shape index (κ2) is 6.88. The van der Waals surface area contributed by atoms with Gasteiger partial charge in [-0.2, -0.15) is 0 Å². The van der Waals surface area contributed by atoms with Gasteiger partial charge in [0.25, 0.3) is 0 Å². The van der Waals surface area contributed by atoms with E-state index in [9.17, 15) is 0 Å². The first-order valence-electron chi connectivity index (χ1n) is 9.52. The van der Waals surface area contributed by atoms with Gasteiger partial charge in [-0.15, -0.1) is 0 Å². The van der Waals surface area contributed by atoms with Gasteiger partial charge in [0.15, 0.2) is 0 Å². The molecule has 2 saturated carbocycles. The molecule has 0 aromatic carbocycles. The molecule has 0 spiro atoms. The molecule has 3 aliphatic carbocycles. The summed E-state index contributed by atoms with van der Waals surface area (Å²) in [6.07, 6.45) is 9.42. The quantitative estimate of drug-likeness (QED) is 0.458. The number of allylic oxidation sites excluding steroid dienone is 2. The van der Waals surface area contributed by atoms with Gasteiger partial charge in [-0.05, 0) is 59.7 Å². The van der Waals surface area contributed by atoms with Crippen LogP contribution in [0.5, 0.6) is 0 Å². The van der Waals surface area contributed by atoms with Gasteiger partial charge in [-0.3, -0.25) is 0 Å². The average Bonchev–Trinajstić information content (AvgIpc) is 3.12. The van der Waals surface area contributed by atoms with Crippen molar-refractivity contribution in [2.24, 2.45) is 40.4 Å². The maximum absolute atomic E-state index is 2.54. The molecular weight excluding hydrogens is 252 g/mol. The van der Waals surface area contributed by atoms with Crippen LogP contribution in [-0.4, -0.2) is 0 Å². The summed E-state index contributed by atoms with van der Waals surface area (Å²) in [5.41, 5.74) is 1.10. The summed E-state index contributed by atoms with van der Waals surface area (Å²) < 4.78 is 0. The number of hydrogen-bond acceptors (Lipinski definition) is 0. The van der Waals surface area contributed by atoms with Crippen molar-refractivity contribution in [3.8, 4) is 0 Å². The summed E-state index contributed by atoms with van der Waals surface area (Å²) in [6, 6.07) is 0. The van der Waals surface area contributed by atoms with Crippen LogP contribution in [0, 0.1) is 40.4 Å². The fourth-order valence-corrected chi connectivity index (χ4v) is 5.20. The number of hydrogen-bond donors (Lipinski definition) is 0. The van der Waals surface area contributed by atoms with Crippen LogP contribution in [-0.2, 0) is 0 Å². The summed E-state index contributed by atoms with van der Waals surface area (Å²) in [6.45, 7) is 20.5. The molecular formula is C21H40. The Hall–Kier alpha value is -0.260. The van der Waals surface area contributed by atoms with Crippen molar-refractivity contribution in [1.82, 2.24) is 0 Å². The zero-order valence-corrected chi connectivity index (χ0v) is 16.2. The molecule has 2 bridgehead atoms. The van der Waals surface area contributed by atoms with E-state index in [-0.39, 0.29) is 0 Å². The first kappa shape index (κ1) is 18.8. The van der Waals surface area contributed by atoms with Crippen LogP contribution in [0.15, 0.2) is 12.2 Å². The third-order valence-corrected chi connectivity index (χ3v) is 7.10. The Morgan fingerprint density at radius 3 is 1.71 bits per heavy atom. The fraction of sp³-hybridized carbons (Fsp3) is 0.905. The molecule has 0 radical (unpaired) electrons. The zero-order valence-electron chi connectivity index (χ0n) is 16.2. The van der Waals surface area contributed by atoms with E-state index in [0.29, 0.717) is 10.8 Å². The van der Waals surface area contributed by atoms with Crippen LogP contribution >= 0.6 is 0 Å². The molecule has 5 atom stereocenters. The second-order valence-electron chi connectivity index (χ2n) is 8.14. The molecule has 0 aliphatic heterocycles. The molecule has 3 rings (SSSR count). The smallest absolute Gasteiger partial charge is 0.0197 e. The van der Waals surface area contributed by atoms with Crippen molar-refractivity contribution in [2.75, 3.05) is 0 Å². The lowest BCUT2D eigenvalue weighted by molar-refractivity contribution is -0.00602. The summed E-state index contributed by atoms with van der Waals surface area (Å²) in [5, 5.41) is 0. The third-order valence-electron chi connectivity index (χ3n) is 7.10. The van der Waals surface area contributed by atoms with Gasteiger partial charge in [0, 0.05) is 0 Å². The zero-order chi connectivity index (χ0) is 16.4. The molecule has 124 valence electrons. The van der Waals surface area contributed by atoms with Crippen LogP contribution in [0.1, 0.15) is 81.6 Å². The van der Waals surface area contributed by atoms with Gasteiger partial charge >= 0.3 is 0 Å². The Bertz CT molecular complexity index is 347. The largest absolute Gasteiger partial charge is 0.0854 e. The predicted molar refractivity (Wildman–Crippen MR) is 96.4 cm³/mol. The lowest BCUT2D eigenvalue weighted by atomic mass is 9.55. The van der Waals surface area contributed by atoms with Crippen molar-refractivity contribution in [2.45, 2.75) is 81.6 Å². The van der Waals surface area contributed by atoms with Gasteiger partial charge in [-0.1, -0.05) is 74.5 Å². The summed E-state index contributed by atoms with van der Waals surface area (Å²) in [4.78, 5) is 0. The van der Waals surface area contributed by atoms with E-state index in [1.54, 1.807) is 0 Å². The van der Waals surface area contributed by atoms with Gasteiger partial charge < -0.3 is 0 Å². The normalized spacial score (nSPS) is 41.1. The van der Waals surface area contributed by atoms with Crippen molar-refractivity contribution in [1.29, 1.82) is 0 Å². The molecule has 0 nitrogen and oxygen atoms in total.